The van der Waals surface area contributed by atoms with Crippen LogP contribution in [0.5, 0.6) is 0 Å². The van der Waals surface area contributed by atoms with Gasteiger partial charge in [-0.25, -0.2) is 8.80 Å². The number of unbranched alkanes of at least 4 members (excludes halogenated alkanes) is 2. The van der Waals surface area contributed by atoms with E-state index in [1.807, 2.05) is 138 Å². The lowest BCUT2D eigenvalue weighted by Gasteiger charge is -2.26. The second-order valence-electron chi connectivity index (χ2n) is 12.8. The number of allylic oxidation sites excluding steroid dienone is 5. The monoisotopic (exact) mass is 692 g/mol. The maximum absolute atomic E-state index is 16.0. The van der Waals surface area contributed by atoms with Gasteiger partial charge in [-0.15, -0.1) is 0 Å². The number of anilines is 1. The minimum Gasteiger partial charge on any atom is -1.00 e. The Morgan fingerprint density at radius 1 is 0.827 bits per heavy atom. The smallest absolute Gasteiger partial charge is 0.846 e. The maximum atomic E-state index is 16.0. The van der Waals surface area contributed by atoms with Crippen LogP contribution in [0, 0.1) is 11.8 Å². The molecule has 0 saturated heterocycles. The summed E-state index contributed by atoms with van der Waals surface area (Å²) in [4.78, 5) is 28.1. The molecule has 2 amide bonds. The van der Waals surface area contributed by atoms with Crippen molar-refractivity contribution in [2.75, 3.05) is 11.4 Å². The largest absolute Gasteiger partial charge is 1.00 e. The van der Waals surface area contributed by atoms with E-state index in [-0.39, 0.29) is 22.9 Å². The molecule has 4 aromatic rings. The van der Waals surface area contributed by atoms with Crippen molar-refractivity contribution >= 4 is 42.6 Å². The average molecular weight is 693 g/mol. The van der Waals surface area contributed by atoms with E-state index < -0.39 is 7.26 Å². The van der Waals surface area contributed by atoms with Gasteiger partial charge in [-0.3, -0.25) is 14.1 Å². The number of nitrogens with one attached hydrogen (secondary N) is 1. The molecule has 0 bridgehead atoms. The zero-order valence-electron chi connectivity index (χ0n) is 28.8. The Morgan fingerprint density at radius 3 is 2.44 bits per heavy atom. The van der Waals surface area contributed by atoms with Crippen LogP contribution in [0.2, 0.25) is 0 Å². The molecule has 0 spiro atoms. The van der Waals surface area contributed by atoms with Crippen LogP contribution < -0.4 is 14.9 Å². The summed E-state index contributed by atoms with van der Waals surface area (Å²) in [6.07, 6.45) is 17.1. The van der Waals surface area contributed by atoms with Crippen LogP contribution in [-0.2, 0) is 22.6 Å². The van der Waals surface area contributed by atoms with Crippen LogP contribution in [0.25, 0.3) is 12.2 Å². The Balaban J connectivity index is 0.00000464. The molecule has 0 fully saturated rings. The number of carbonyl (C=O) groups is 2. The number of rotatable bonds is 12. The van der Waals surface area contributed by atoms with Crippen molar-refractivity contribution < 1.29 is 23.1 Å². The van der Waals surface area contributed by atoms with Gasteiger partial charge in [-0.1, -0.05) is 97.2 Å². The number of aryl methyl sites for hydroxylation is 1. The molecule has 0 aliphatic carbocycles. The summed E-state index contributed by atoms with van der Waals surface area (Å²) in [5.41, 5.74) is 7.91. The molecule has 0 radical (unpaired) electrons. The molecule has 0 saturated carbocycles. The maximum Gasteiger partial charge on any atom is 0.846 e. The molecule has 0 unspecified atom stereocenters. The Bertz CT molecular complexity index is 2170. The van der Waals surface area contributed by atoms with Gasteiger partial charge < -0.3 is 14.9 Å². The molecule has 3 aromatic carbocycles. The topological polar surface area (TPSA) is 57.4 Å². The lowest BCUT2D eigenvalue weighted by molar-refractivity contribution is -0.333. The average Bonchev–Trinajstić information content (AvgIpc) is 3.76. The van der Waals surface area contributed by atoms with Crippen LogP contribution in [-0.4, -0.2) is 40.3 Å². The van der Waals surface area contributed by atoms with E-state index in [4.69, 9.17) is 0 Å². The quantitative estimate of drug-likeness (QED) is 0.103. The van der Waals surface area contributed by atoms with E-state index >= 15 is 4.32 Å². The van der Waals surface area contributed by atoms with E-state index in [0.717, 1.165) is 70.0 Å². The SMILES string of the molecule is O=C(CCc1ccc2n1B(F)[N+]1=C(/C=C/C=C/c3ccccc3)C=CC1=C2)NCCCCCC(=O)N1Cc2ccccc2C#Cc2ccccc21.[F-]. The predicted molar refractivity (Wildman–Crippen MR) is 204 cm³/mol. The third-order valence-electron chi connectivity index (χ3n) is 9.37. The van der Waals surface area contributed by atoms with Crippen LogP contribution in [0.15, 0.2) is 127 Å². The van der Waals surface area contributed by atoms with Gasteiger partial charge in [0.1, 0.15) is 0 Å². The van der Waals surface area contributed by atoms with Gasteiger partial charge in [-0.05, 0) is 60.7 Å². The number of fused-ring (bicyclic) bond motifs is 4. The summed E-state index contributed by atoms with van der Waals surface area (Å²) in [6.45, 7) is 1.02. The number of benzene rings is 3. The lowest BCUT2D eigenvalue weighted by atomic mass is 9.96. The highest BCUT2D eigenvalue weighted by atomic mass is 19.1. The number of amides is 2. The van der Waals surface area contributed by atoms with Crippen LogP contribution >= 0.6 is 0 Å². The minimum absolute atomic E-state index is 0. The Labute approximate surface area is 303 Å². The number of para-hydroxylation sites is 1. The molecule has 52 heavy (non-hydrogen) atoms. The standard InChI is InChI=1S/C43H38BFN4O2.FH/c45-44-48-37(19-10-6-15-33-13-3-1-4-14-33)24-26-39(48)31-40-27-25-38(49(40)44)28-29-42(50)46-30-12-2-5-21-43(51)47-32-36-18-8-7-16-34(36)22-23-35-17-9-11-20-41(35)47;/h1,3-4,6-11,13-20,24-27,31H,2,5,12,21,28-30,32H2;1H/b15-6+,19-10+;. The third kappa shape index (κ3) is 8.13. The highest BCUT2D eigenvalue weighted by molar-refractivity contribution is 6.43. The van der Waals surface area contributed by atoms with Crippen LogP contribution in [0.3, 0.4) is 0 Å². The Morgan fingerprint density at radius 2 is 1.58 bits per heavy atom. The van der Waals surface area contributed by atoms with Gasteiger partial charge in [0.15, 0.2) is 11.4 Å². The lowest BCUT2D eigenvalue weighted by Crippen LogP contribution is -3.00. The molecule has 6 nitrogen and oxygen atoms in total. The molecule has 4 heterocycles. The first-order chi connectivity index (χ1) is 25.0. The summed E-state index contributed by atoms with van der Waals surface area (Å²) >= 11 is 0. The first kappa shape index (κ1) is 35.8. The number of halogens is 2. The second-order valence-corrected chi connectivity index (χ2v) is 12.8. The summed E-state index contributed by atoms with van der Waals surface area (Å²) in [7, 11) is -1.40. The van der Waals surface area contributed by atoms with E-state index in [1.165, 1.54) is 0 Å². The normalized spacial score (nSPS) is 14.1. The number of hydrogen-bond acceptors (Lipinski definition) is 2. The number of aromatic nitrogens is 1. The van der Waals surface area contributed by atoms with Gasteiger partial charge in [0, 0.05) is 66.2 Å². The van der Waals surface area contributed by atoms with Crippen molar-refractivity contribution in [3.63, 3.8) is 0 Å². The first-order valence-corrected chi connectivity index (χ1v) is 17.6. The molecule has 260 valence electrons. The second kappa shape index (κ2) is 16.8. The predicted octanol–water partition coefficient (Wildman–Crippen LogP) is 4.50. The molecular weight excluding hydrogens is 653 g/mol. The fourth-order valence-electron chi connectivity index (χ4n) is 6.70. The molecule has 7 rings (SSSR count). The summed E-state index contributed by atoms with van der Waals surface area (Å²) in [6, 6.07) is 29.6. The van der Waals surface area contributed by atoms with Gasteiger partial charge in [0.2, 0.25) is 11.8 Å². The van der Waals surface area contributed by atoms with Gasteiger partial charge >= 0.3 is 7.26 Å². The van der Waals surface area contributed by atoms with Crippen molar-refractivity contribution in [1.29, 1.82) is 0 Å². The van der Waals surface area contributed by atoms with Crippen molar-refractivity contribution in [2.24, 2.45) is 0 Å². The fraction of sp³-hybridized carbons (Fsp3) is 0.186. The van der Waals surface area contributed by atoms with E-state index in [1.54, 1.807) is 8.96 Å². The Kier molecular flexibility index (Phi) is 11.6. The van der Waals surface area contributed by atoms with Gasteiger partial charge in [0.05, 0.1) is 12.2 Å². The molecule has 1 N–H and O–H groups in total. The van der Waals surface area contributed by atoms with Crippen LogP contribution in [0.4, 0.5) is 10.0 Å². The van der Waals surface area contributed by atoms with Gasteiger partial charge in [0.25, 0.3) is 0 Å². The molecule has 0 atom stereocenters. The molecule has 1 aromatic heterocycles. The summed E-state index contributed by atoms with van der Waals surface area (Å²) < 4.78 is 19.4. The van der Waals surface area contributed by atoms with Crippen molar-refractivity contribution in [3.05, 3.63) is 161 Å². The summed E-state index contributed by atoms with van der Waals surface area (Å²) in [5, 5.41) is 3.01. The molecule has 3 aliphatic rings. The molecule has 9 heteroatoms. The zero-order valence-corrected chi connectivity index (χ0v) is 28.8. The third-order valence-corrected chi connectivity index (χ3v) is 9.37. The Hall–Kier alpha value is -6.01. The molecule has 3 aliphatic heterocycles. The van der Waals surface area contributed by atoms with E-state index in [2.05, 4.69) is 17.2 Å². The van der Waals surface area contributed by atoms with Crippen molar-refractivity contribution in [2.45, 2.75) is 45.1 Å². The van der Waals surface area contributed by atoms with E-state index in [9.17, 15) is 9.59 Å². The van der Waals surface area contributed by atoms with Crippen molar-refractivity contribution in [3.8, 4) is 11.8 Å². The number of hydrogen-bond donors (Lipinski definition) is 1. The minimum atomic E-state index is -1.40. The zero-order chi connectivity index (χ0) is 35.0. The van der Waals surface area contributed by atoms with E-state index in [0.29, 0.717) is 25.9 Å². The van der Waals surface area contributed by atoms with Gasteiger partial charge in [-0.2, -0.15) is 0 Å². The van der Waals surface area contributed by atoms with Crippen molar-refractivity contribution in [1.82, 2.24) is 9.79 Å². The number of carbonyl (C=O) groups excluding carboxylic acids is 2. The molecular formula is C43H39BF2N4O2. The van der Waals surface area contributed by atoms with Crippen LogP contribution in [0.1, 0.15) is 65.7 Å². The number of nitrogens with zero attached hydrogens (tertiary/aromatic N) is 3. The highest BCUT2D eigenvalue weighted by Crippen LogP contribution is 2.28. The first-order valence-electron chi connectivity index (χ1n) is 17.6. The summed E-state index contributed by atoms with van der Waals surface area (Å²) in [5.74, 6) is 6.50. The fourth-order valence-corrected chi connectivity index (χ4v) is 6.70. The highest BCUT2D eigenvalue weighted by Gasteiger charge is 2.47.